The first kappa shape index (κ1) is 18.7. The van der Waals surface area contributed by atoms with Gasteiger partial charge < -0.3 is 20.2 Å². The van der Waals surface area contributed by atoms with Crippen LogP contribution in [0.15, 0.2) is 58.5 Å². The molecule has 1 atom stereocenters. The predicted molar refractivity (Wildman–Crippen MR) is 94.0 cm³/mol. The molecule has 0 saturated heterocycles. The van der Waals surface area contributed by atoms with E-state index in [0.717, 1.165) is 12.1 Å². The van der Waals surface area contributed by atoms with Crippen LogP contribution >= 0.6 is 11.3 Å². The first-order valence-electron chi connectivity index (χ1n) is 7.75. The number of carbonyl (C=O) groups excluding carboxylic acids is 2. The number of halogens is 2. The van der Waals surface area contributed by atoms with Gasteiger partial charge in [-0.25, -0.2) is 8.78 Å². The Labute approximate surface area is 156 Å². The van der Waals surface area contributed by atoms with Crippen LogP contribution in [0.2, 0.25) is 0 Å². The van der Waals surface area contributed by atoms with Gasteiger partial charge in [0.1, 0.15) is 17.4 Å². The Hall–Kier alpha value is -3.04. The summed E-state index contributed by atoms with van der Waals surface area (Å²) in [6, 6.07) is 9.04. The van der Waals surface area contributed by atoms with E-state index in [0.29, 0.717) is 10.9 Å². The molecule has 140 valence electrons. The average Bonchev–Trinajstić information content (AvgIpc) is 3.35. The maximum Gasteiger partial charge on any atom is 0.313 e. The van der Waals surface area contributed by atoms with Crippen LogP contribution in [0.25, 0.3) is 0 Å². The Balaban J connectivity index is 1.70. The molecule has 0 radical (unpaired) electrons. The summed E-state index contributed by atoms with van der Waals surface area (Å²) in [5.74, 6) is -3.89. The van der Waals surface area contributed by atoms with Crippen molar-refractivity contribution in [1.29, 1.82) is 0 Å². The predicted octanol–water partition coefficient (Wildman–Crippen LogP) is 2.61. The topological polar surface area (TPSA) is 91.6 Å². The molecular formula is C18H14F2N2O4S. The van der Waals surface area contributed by atoms with Gasteiger partial charge in [-0.1, -0.05) is 6.07 Å². The van der Waals surface area contributed by atoms with Crippen molar-refractivity contribution in [2.75, 3.05) is 11.9 Å². The van der Waals surface area contributed by atoms with Gasteiger partial charge in [0.2, 0.25) is 0 Å². The van der Waals surface area contributed by atoms with E-state index in [1.165, 1.54) is 17.6 Å². The monoisotopic (exact) mass is 392 g/mol. The molecule has 3 rings (SSSR count). The zero-order valence-corrected chi connectivity index (χ0v) is 14.6. The number of carbonyl (C=O) groups is 2. The Morgan fingerprint density at radius 2 is 1.96 bits per heavy atom. The van der Waals surface area contributed by atoms with E-state index in [1.807, 2.05) is 5.32 Å². The van der Waals surface area contributed by atoms with Crippen molar-refractivity contribution in [3.8, 4) is 0 Å². The smallest absolute Gasteiger partial charge is 0.313 e. The van der Waals surface area contributed by atoms with Crippen LogP contribution in [0.5, 0.6) is 0 Å². The maximum atomic E-state index is 13.6. The molecule has 0 aliphatic carbocycles. The normalized spacial score (nSPS) is 13.0. The fourth-order valence-corrected chi connectivity index (χ4v) is 3.21. The molecule has 3 N–H and O–H groups in total. The standard InChI is InChI=1S/C18H14F2N2O4S/c19-11-5-6-13(12(20)9-11)22-17(24)16(23)21-10-18(25,14-3-1-7-26-14)15-4-2-8-27-15/h1-9,25H,10H2,(H,21,23)(H,22,24). The minimum Gasteiger partial charge on any atom is -0.466 e. The van der Waals surface area contributed by atoms with Crippen LogP contribution in [-0.2, 0) is 15.2 Å². The number of anilines is 1. The zero-order chi connectivity index (χ0) is 19.4. The van der Waals surface area contributed by atoms with Crippen LogP contribution in [-0.4, -0.2) is 23.5 Å². The van der Waals surface area contributed by atoms with E-state index in [9.17, 15) is 23.5 Å². The Morgan fingerprint density at radius 1 is 1.15 bits per heavy atom. The van der Waals surface area contributed by atoms with E-state index in [-0.39, 0.29) is 18.0 Å². The lowest BCUT2D eigenvalue weighted by Crippen LogP contribution is -2.44. The quantitative estimate of drug-likeness (QED) is 0.582. The van der Waals surface area contributed by atoms with Crippen LogP contribution in [0.1, 0.15) is 10.6 Å². The number of amides is 2. The summed E-state index contributed by atoms with van der Waals surface area (Å²) < 4.78 is 31.7. The van der Waals surface area contributed by atoms with Gasteiger partial charge >= 0.3 is 11.8 Å². The second kappa shape index (κ2) is 7.68. The molecule has 0 spiro atoms. The van der Waals surface area contributed by atoms with Crippen molar-refractivity contribution in [2.45, 2.75) is 5.60 Å². The largest absolute Gasteiger partial charge is 0.466 e. The Bertz CT molecular complexity index is 908. The zero-order valence-electron chi connectivity index (χ0n) is 13.7. The van der Waals surface area contributed by atoms with Crippen molar-refractivity contribution >= 4 is 28.8 Å². The average molecular weight is 392 g/mol. The molecule has 6 nitrogen and oxygen atoms in total. The molecule has 0 saturated carbocycles. The molecule has 0 aliphatic heterocycles. The highest BCUT2D eigenvalue weighted by Crippen LogP contribution is 2.32. The van der Waals surface area contributed by atoms with Crippen LogP contribution in [0.3, 0.4) is 0 Å². The second-order valence-electron chi connectivity index (χ2n) is 5.58. The number of hydrogen-bond donors (Lipinski definition) is 3. The van der Waals surface area contributed by atoms with Crippen LogP contribution in [0, 0.1) is 11.6 Å². The molecule has 1 aromatic carbocycles. The van der Waals surface area contributed by atoms with E-state index in [2.05, 4.69) is 5.32 Å². The molecule has 27 heavy (non-hydrogen) atoms. The van der Waals surface area contributed by atoms with Crippen LogP contribution < -0.4 is 10.6 Å². The van der Waals surface area contributed by atoms with Crippen molar-refractivity contribution in [2.24, 2.45) is 0 Å². The lowest BCUT2D eigenvalue weighted by atomic mass is 9.98. The van der Waals surface area contributed by atoms with Crippen molar-refractivity contribution < 1.29 is 27.9 Å². The Kier molecular flexibility index (Phi) is 5.33. The summed E-state index contributed by atoms with van der Waals surface area (Å²) in [6.45, 7) is -0.348. The minimum absolute atomic E-state index is 0.190. The van der Waals surface area contributed by atoms with Crippen molar-refractivity contribution in [1.82, 2.24) is 5.32 Å². The fourth-order valence-electron chi connectivity index (χ4n) is 2.38. The lowest BCUT2D eigenvalue weighted by Gasteiger charge is -2.25. The molecule has 2 heterocycles. The first-order valence-corrected chi connectivity index (χ1v) is 8.62. The second-order valence-corrected chi connectivity index (χ2v) is 6.52. The summed E-state index contributed by atoms with van der Waals surface area (Å²) in [4.78, 5) is 24.5. The minimum atomic E-state index is -1.67. The molecule has 0 fully saturated rings. The summed E-state index contributed by atoms with van der Waals surface area (Å²) in [7, 11) is 0. The van der Waals surface area contributed by atoms with Gasteiger partial charge in [0.25, 0.3) is 0 Å². The van der Waals surface area contributed by atoms with Crippen molar-refractivity contribution in [3.05, 3.63) is 76.4 Å². The van der Waals surface area contributed by atoms with E-state index in [1.54, 1.807) is 29.6 Å². The first-order chi connectivity index (χ1) is 12.9. The Morgan fingerprint density at radius 3 is 2.59 bits per heavy atom. The third-order valence-electron chi connectivity index (χ3n) is 3.75. The van der Waals surface area contributed by atoms with Gasteiger partial charge in [-0.3, -0.25) is 9.59 Å². The number of rotatable bonds is 5. The highest BCUT2D eigenvalue weighted by atomic mass is 32.1. The number of aliphatic hydroxyl groups is 1. The molecule has 1 unspecified atom stereocenters. The summed E-state index contributed by atoms with van der Waals surface area (Å²) >= 11 is 1.25. The molecule has 0 aliphatic rings. The van der Waals surface area contributed by atoms with Gasteiger partial charge in [0.15, 0.2) is 5.60 Å². The van der Waals surface area contributed by atoms with Gasteiger partial charge in [0.05, 0.1) is 18.5 Å². The third-order valence-corrected chi connectivity index (χ3v) is 4.77. The molecule has 0 bridgehead atoms. The van der Waals surface area contributed by atoms with E-state index >= 15 is 0 Å². The highest BCUT2D eigenvalue weighted by Gasteiger charge is 2.36. The van der Waals surface area contributed by atoms with Gasteiger partial charge in [-0.2, -0.15) is 0 Å². The maximum absolute atomic E-state index is 13.6. The van der Waals surface area contributed by atoms with Gasteiger partial charge in [0, 0.05) is 10.9 Å². The number of furan rings is 1. The summed E-state index contributed by atoms with van der Waals surface area (Å²) in [5.41, 5.74) is -2.01. The highest BCUT2D eigenvalue weighted by molar-refractivity contribution is 7.10. The van der Waals surface area contributed by atoms with Gasteiger partial charge in [-0.05, 0) is 35.7 Å². The molecule has 3 aromatic rings. The fraction of sp³-hybridized carbons (Fsp3) is 0.111. The summed E-state index contributed by atoms with van der Waals surface area (Å²) in [5, 5.41) is 17.1. The van der Waals surface area contributed by atoms with Gasteiger partial charge in [-0.15, -0.1) is 11.3 Å². The molecule has 2 amide bonds. The summed E-state index contributed by atoms with van der Waals surface area (Å²) in [6.07, 6.45) is 1.37. The lowest BCUT2D eigenvalue weighted by molar-refractivity contribution is -0.136. The molecule has 2 aromatic heterocycles. The molecular weight excluding hydrogens is 378 g/mol. The van der Waals surface area contributed by atoms with Crippen LogP contribution in [0.4, 0.5) is 14.5 Å². The molecule has 9 heteroatoms. The number of nitrogens with one attached hydrogen (secondary N) is 2. The SMILES string of the molecule is O=C(NCC(O)(c1ccco1)c1cccs1)C(=O)Nc1ccc(F)cc1F. The van der Waals surface area contributed by atoms with Crippen molar-refractivity contribution in [3.63, 3.8) is 0 Å². The number of benzene rings is 1. The van der Waals surface area contributed by atoms with E-state index < -0.39 is 29.0 Å². The third kappa shape index (κ3) is 4.04. The number of thiophene rings is 1. The number of hydrogen-bond acceptors (Lipinski definition) is 5. The van der Waals surface area contributed by atoms with E-state index in [4.69, 9.17) is 4.42 Å².